The van der Waals surface area contributed by atoms with E-state index in [0.29, 0.717) is 29.7 Å². The number of H-pyrrole nitrogens is 1. The van der Waals surface area contributed by atoms with Gasteiger partial charge in [0.2, 0.25) is 0 Å². The van der Waals surface area contributed by atoms with Gasteiger partial charge in [-0.25, -0.2) is 5.10 Å². The minimum atomic E-state index is -1.50. The smallest absolute Gasteiger partial charge is 0.343 e. The number of tetrazole rings is 1. The number of non-ortho nitro benzene ring substituents is 1. The van der Waals surface area contributed by atoms with Gasteiger partial charge in [-0.05, 0) is 46.7 Å². The topological polar surface area (TPSA) is 161 Å². The minimum absolute atomic E-state index is 0.00967. The standard InChI is InChI=1S/C28H28N8O4S/c1-2-3-9-25-29-32-28(41(39)19-21-10-14-23(15-11-21)36(37)38)35(25)18-20-12-16-24(17-13-20)40-26(27-30-33-34-31-27)22-7-5-4-6-8-22/h4-8,10-17,26H,2-3,9,18-19H2,1H3,(H,30,31,33,34). The molecular formula is C28H28N8O4S. The minimum Gasteiger partial charge on any atom is -0.609 e. The van der Waals surface area contributed by atoms with Crippen LogP contribution in [-0.4, -0.2) is 44.9 Å². The number of rotatable bonds is 13. The summed E-state index contributed by atoms with van der Waals surface area (Å²) in [6, 6.07) is 23.4. The lowest BCUT2D eigenvalue weighted by Gasteiger charge is -2.17. The first-order valence-corrected chi connectivity index (χ1v) is 14.4. The van der Waals surface area contributed by atoms with Crippen molar-refractivity contribution in [3.05, 3.63) is 117 Å². The molecule has 2 aromatic heterocycles. The highest BCUT2D eigenvalue weighted by Gasteiger charge is 2.24. The highest BCUT2D eigenvalue weighted by molar-refractivity contribution is 7.90. The lowest BCUT2D eigenvalue weighted by molar-refractivity contribution is -0.384. The molecule has 13 heteroatoms. The number of nitrogens with one attached hydrogen (secondary N) is 1. The van der Waals surface area contributed by atoms with Crippen LogP contribution in [0.2, 0.25) is 0 Å². The Hall–Kier alpha value is -4.62. The second-order valence-electron chi connectivity index (χ2n) is 9.34. The lowest BCUT2D eigenvalue weighted by atomic mass is 10.1. The van der Waals surface area contributed by atoms with Gasteiger partial charge in [-0.1, -0.05) is 60.9 Å². The zero-order chi connectivity index (χ0) is 28.6. The number of aryl methyl sites for hydroxylation is 1. The summed E-state index contributed by atoms with van der Waals surface area (Å²) in [4.78, 5) is 10.5. The highest BCUT2D eigenvalue weighted by atomic mass is 32.2. The van der Waals surface area contributed by atoms with Crippen LogP contribution in [0.3, 0.4) is 0 Å². The van der Waals surface area contributed by atoms with Gasteiger partial charge in [-0.2, -0.15) is 0 Å². The number of benzene rings is 3. The molecule has 0 spiro atoms. The number of hydrogen-bond acceptors (Lipinski definition) is 9. The first-order valence-electron chi connectivity index (χ1n) is 13.1. The summed E-state index contributed by atoms with van der Waals surface area (Å²) >= 11 is -1.50. The third-order valence-corrected chi connectivity index (χ3v) is 7.73. The van der Waals surface area contributed by atoms with Crippen molar-refractivity contribution >= 4 is 16.9 Å². The number of aromatic nitrogens is 7. The second kappa shape index (κ2) is 13.2. The molecular weight excluding hydrogens is 544 g/mol. The number of ether oxygens (including phenoxy) is 1. The first-order chi connectivity index (χ1) is 20.0. The maximum Gasteiger partial charge on any atom is 0.343 e. The van der Waals surface area contributed by atoms with Crippen LogP contribution < -0.4 is 4.74 Å². The Balaban J connectivity index is 1.34. The first kappa shape index (κ1) is 27.9. The Morgan fingerprint density at radius 3 is 2.37 bits per heavy atom. The van der Waals surface area contributed by atoms with Crippen molar-refractivity contribution in [3.63, 3.8) is 0 Å². The largest absolute Gasteiger partial charge is 0.609 e. The molecule has 12 nitrogen and oxygen atoms in total. The van der Waals surface area contributed by atoms with Gasteiger partial charge in [-0.3, -0.25) is 14.7 Å². The van der Waals surface area contributed by atoms with E-state index in [0.717, 1.165) is 35.4 Å². The van der Waals surface area contributed by atoms with Gasteiger partial charge in [0.25, 0.3) is 5.69 Å². The molecule has 5 aromatic rings. The number of nitro groups is 1. The van der Waals surface area contributed by atoms with E-state index < -0.39 is 22.2 Å². The number of unbranched alkanes of at least 4 members (excludes halogenated alkanes) is 1. The summed E-state index contributed by atoms with van der Waals surface area (Å²) in [5, 5.41) is 34.2. The van der Waals surface area contributed by atoms with Crippen molar-refractivity contribution in [1.29, 1.82) is 0 Å². The number of nitro benzene ring substituents is 1. The van der Waals surface area contributed by atoms with Crippen molar-refractivity contribution < 1.29 is 14.2 Å². The molecule has 0 amide bonds. The molecule has 0 aliphatic heterocycles. The van der Waals surface area contributed by atoms with E-state index in [9.17, 15) is 14.7 Å². The van der Waals surface area contributed by atoms with Crippen LogP contribution in [0.4, 0.5) is 5.69 Å². The molecule has 0 aliphatic carbocycles. The monoisotopic (exact) mass is 572 g/mol. The quantitative estimate of drug-likeness (QED) is 0.121. The Bertz CT molecular complexity index is 1540. The van der Waals surface area contributed by atoms with Crippen molar-refractivity contribution in [2.45, 2.75) is 49.7 Å². The fraction of sp³-hybridized carbons (Fsp3) is 0.250. The molecule has 2 atom stereocenters. The van der Waals surface area contributed by atoms with E-state index in [4.69, 9.17) is 4.74 Å². The molecule has 41 heavy (non-hydrogen) atoms. The highest BCUT2D eigenvalue weighted by Crippen LogP contribution is 2.27. The SMILES string of the molecule is CCCCc1nnc([S+]([O-])Cc2ccc([N+](=O)[O-])cc2)n1Cc1ccc(OC(c2ccccc2)c2nnn[nH]2)cc1. The lowest BCUT2D eigenvalue weighted by Crippen LogP contribution is -2.16. The molecule has 0 aliphatic rings. The summed E-state index contributed by atoms with van der Waals surface area (Å²) in [6.45, 7) is 2.53. The molecule has 0 bridgehead atoms. The van der Waals surface area contributed by atoms with Crippen molar-refractivity contribution in [2.24, 2.45) is 0 Å². The Kier molecular flexibility index (Phi) is 8.96. The molecule has 0 saturated heterocycles. The predicted molar refractivity (Wildman–Crippen MR) is 150 cm³/mol. The van der Waals surface area contributed by atoms with Crippen LogP contribution in [0.5, 0.6) is 5.75 Å². The van der Waals surface area contributed by atoms with E-state index in [-0.39, 0.29) is 11.4 Å². The summed E-state index contributed by atoms with van der Waals surface area (Å²) in [5.41, 5.74) is 2.57. The van der Waals surface area contributed by atoms with Crippen LogP contribution in [0.15, 0.2) is 84.0 Å². The maximum atomic E-state index is 13.4. The van der Waals surface area contributed by atoms with E-state index in [2.05, 4.69) is 37.7 Å². The van der Waals surface area contributed by atoms with Crippen LogP contribution in [0.1, 0.15) is 54.2 Å². The van der Waals surface area contributed by atoms with Gasteiger partial charge < -0.3 is 9.29 Å². The average molecular weight is 573 g/mol. The van der Waals surface area contributed by atoms with Crippen LogP contribution >= 0.6 is 0 Å². The second-order valence-corrected chi connectivity index (χ2v) is 10.7. The normalized spacial score (nSPS) is 12.6. The van der Waals surface area contributed by atoms with Crippen LogP contribution in [-0.2, 0) is 29.9 Å². The average Bonchev–Trinajstić information content (AvgIpc) is 3.67. The Labute approximate surface area is 239 Å². The summed E-state index contributed by atoms with van der Waals surface area (Å²) in [6.07, 6.45) is 2.12. The van der Waals surface area contributed by atoms with Gasteiger partial charge in [-0.15, -0.1) is 10.2 Å². The van der Waals surface area contributed by atoms with E-state index >= 15 is 0 Å². The Morgan fingerprint density at radius 2 is 1.71 bits per heavy atom. The Morgan fingerprint density at radius 1 is 0.976 bits per heavy atom. The van der Waals surface area contributed by atoms with Crippen molar-refractivity contribution in [3.8, 4) is 5.75 Å². The molecule has 1 N–H and O–H groups in total. The molecule has 5 rings (SSSR count). The van der Waals surface area contributed by atoms with Crippen LogP contribution in [0, 0.1) is 10.1 Å². The zero-order valence-corrected chi connectivity index (χ0v) is 23.1. The maximum absolute atomic E-state index is 13.4. The van der Waals surface area contributed by atoms with Crippen molar-refractivity contribution in [1.82, 2.24) is 35.4 Å². The summed E-state index contributed by atoms with van der Waals surface area (Å²) < 4.78 is 21.5. The van der Waals surface area contributed by atoms with E-state index in [1.54, 1.807) is 12.1 Å². The van der Waals surface area contributed by atoms with Gasteiger partial charge in [0.15, 0.2) is 11.9 Å². The van der Waals surface area contributed by atoms with E-state index in [1.165, 1.54) is 12.1 Å². The fourth-order valence-corrected chi connectivity index (χ4v) is 5.45. The number of hydrogen-bond donors (Lipinski definition) is 1. The molecule has 0 radical (unpaired) electrons. The van der Waals surface area contributed by atoms with Crippen molar-refractivity contribution in [2.75, 3.05) is 0 Å². The molecule has 210 valence electrons. The summed E-state index contributed by atoms with van der Waals surface area (Å²) in [7, 11) is 0. The summed E-state index contributed by atoms with van der Waals surface area (Å²) in [5.74, 6) is 2.07. The van der Waals surface area contributed by atoms with Gasteiger partial charge in [0.1, 0.15) is 17.3 Å². The van der Waals surface area contributed by atoms with Gasteiger partial charge in [0.05, 0.1) is 11.5 Å². The van der Waals surface area contributed by atoms with Crippen LogP contribution in [0.25, 0.3) is 0 Å². The molecule has 2 heterocycles. The fourth-order valence-electron chi connectivity index (χ4n) is 4.28. The zero-order valence-electron chi connectivity index (χ0n) is 22.3. The van der Waals surface area contributed by atoms with Gasteiger partial charge in [0, 0.05) is 40.9 Å². The van der Waals surface area contributed by atoms with Gasteiger partial charge >= 0.3 is 5.16 Å². The van der Waals surface area contributed by atoms with E-state index in [1.807, 2.05) is 59.2 Å². The number of nitrogens with zero attached hydrogens (tertiary/aromatic N) is 7. The molecule has 3 aromatic carbocycles. The number of aromatic amines is 1. The third-order valence-electron chi connectivity index (χ3n) is 6.43. The molecule has 0 saturated carbocycles. The molecule has 0 fully saturated rings. The molecule has 2 unspecified atom stereocenters. The predicted octanol–water partition coefficient (Wildman–Crippen LogP) is 4.57. The third kappa shape index (κ3) is 6.94.